The summed E-state index contributed by atoms with van der Waals surface area (Å²) >= 11 is 2.68. The van der Waals surface area contributed by atoms with E-state index in [-0.39, 0.29) is 25.5 Å². The van der Waals surface area contributed by atoms with Gasteiger partial charge in [0.1, 0.15) is 12.6 Å². The standard InChI is InChI=1S/C34H43N7O5S2/c1-22(2)30(40-33(44)41(3)18-26-20-47-32(35)37-26)31(43)39-28(15-24-12-8-5-9-13-24)29(42)16-25(14-23-10-6-4-7-11-23)38-34(45)46-19-27-17-36-21-48-27/h4-13,17,20-22,25,28-30,42H,14-16,18-19H2,1-3H3,(H2,35,37)(H,38,45)(H,39,43)(H,40,44)/t25-,28-,29-,30-/m0/s1. The van der Waals surface area contributed by atoms with Gasteiger partial charge in [0, 0.05) is 24.7 Å². The van der Waals surface area contributed by atoms with E-state index in [9.17, 15) is 19.5 Å². The molecule has 14 heteroatoms. The first-order valence-electron chi connectivity index (χ1n) is 15.7. The highest BCUT2D eigenvalue weighted by Crippen LogP contribution is 2.17. The first kappa shape index (κ1) is 36.3. The number of hydrogen-bond donors (Lipinski definition) is 5. The number of carbonyl (C=O) groups is 3. The van der Waals surface area contributed by atoms with E-state index in [1.165, 1.54) is 27.6 Å². The van der Waals surface area contributed by atoms with Gasteiger partial charge in [-0.25, -0.2) is 14.6 Å². The van der Waals surface area contributed by atoms with Gasteiger partial charge in [0.2, 0.25) is 5.91 Å². The van der Waals surface area contributed by atoms with Gasteiger partial charge in [0.25, 0.3) is 0 Å². The number of aliphatic hydroxyl groups is 1. The number of amides is 4. The monoisotopic (exact) mass is 693 g/mol. The maximum absolute atomic E-state index is 13.8. The second kappa shape index (κ2) is 18.1. The molecule has 4 amide bonds. The highest BCUT2D eigenvalue weighted by Gasteiger charge is 2.31. The topological polar surface area (TPSA) is 172 Å². The molecule has 0 aliphatic heterocycles. The first-order valence-corrected chi connectivity index (χ1v) is 17.4. The number of rotatable bonds is 16. The zero-order chi connectivity index (χ0) is 34.5. The van der Waals surface area contributed by atoms with Crippen LogP contribution in [0.1, 0.15) is 42.0 Å². The van der Waals surface area contributed by atoms with Gasteiger partial charge >= 0.3 is 12.1 Å². The molecule has 0 radical (unpaired) electrons. The minimum atomic E-state index is -1.06. The number of nitrogens with one attached hydrogen (secondary N) is 3. The molecule has 0 fully saturated rings. The molecule has 0 unspecified atom stereocenters. The summed E-state index contributed by atoms with van der Waals surface area (Å²) in [5.41, 5.74) is 9.92. The van der Waals surface area contributed by atoms with E-state index < -0.39 is 42.3 Å². The third-order valence-electron chi connectivity index (χ3n) is 7.64. The maximum atomic E-state index is 13.8. The Balaban J connectivity index is 1.47. The normalized spacial score (nSPS) is 13.6. The highest BCUT2D eigenvalue weighted by atomic mass is 32.1. The van der Waals surface area contributed by atoms with Gasteiger partial charge in [0.05, 0.1) is 34.8 Å². The number of carbonyl (C=O) groups excluding carboxylic acids is 3. The summed E-state index contributed by atoms with van der Waals surface area (Å²) in [5, 5.41) is 22.6. The fourth-order valence-electron chi connectivity index (χ4n) is 5.12. The van der Waals surface area contributed by atoms with Crippen molar-refractivity contribution >= 4 is 45.8 Å². The molecule has 4 aromatic rings. The third-order valence-corrected chi connectivity index (χ3v) is 9.11. The molecule has 2 aromatic heterocycles. The molecule has 6 N–H and O–H groups in total. The quantitative estimate of drug-likeness (QED) is 0.115. The average molecular weight is 694 g/mol. The van der Waals surface area contributed by atoms with Crippen LogP contribution in [-0.2, 0) is 35.5 Å². The van der Waals surface area contributed by atoms with Crippen LogP contribution < -0.4 is 21.7 Å². The van der Waals surface area contributed by atoms with Gasteiger partial charge in [-0.2, -0.15) is 0 Å². The van der Waals surface area contributed by atoms with Crippen molar-refractivity contribution in [2.45, 2.75) is 70.5 Å². The number of aliphatic hydroxyl groups excluding tert-OH is 1. The van der Waals surface area contributed by atoms with Gasteiger partial charge in [0.15, 0.2) is 5.13 Å². The number of anilines is 1. The number of nitrogen functional groups attached to an aromatic ring is 1. The zero-order valence-electron chi connectivity index (χ0n) is 27.2. The minimum Gasteiger partial charge on any atom is -0.444 e. The van der Waals surface area contributed by atoms with Crippen LogP contribution in [0.2, 0.25) is 0 Å². The largest absolute Gasteiger partial charge is 0.444 e. The highest BCUT2D eigenvalue weighted by molar-refractivity contribution is 7.13. The zero-order valence-corrected chi connectivity index (χ0v) is 28.9. The average Bonchev–Trinajstić information content (AvgIpc) is 3.74. The fourth-order valence-corrected chi connectivity index (χ4v) is 6.18. The van der Waals surface area contributed by atoms with E-state index >= 15 is 0 Å². The lowest BCUT2D eigenvalue weighted by atomic mass is 9.93. The van der Waals surface area contributed by atoms with Crippen LogP contribution >= 0.6 is 22.7 Å². The number of alkyl carbamates (subject to hydrolysis) is 1. The summed E-state index contributed by atoms with van der Waals surface area (Å²) in [6.07, 6.45) is 0.841. The van der Waals surface area contributed by atoms with Gasteiger partial charge in [-0.3, -0.25) is 9.78 Å². The Labute approximate surface area is 288 Å². The molecular formula is C34H43N7O5S2. The number of urea groups is 1. The van der Waals surface area contributed by atoms with Crippen molar-refractivity contribution in [1.82, 2.24) is 30.8 Å². The van der Waals surface area contributed by atoms with E-state index in [1.807, 2.05) is 74.5 Å². The molecule has 4 rings (SSSR count). The number of aromatic nitrogens is 2. The molecule has 12 nitrogen and oxygen atoms in total. The van der Waals surface area contributed by atoms with Crippen LogP contribution in [-0.4, -0.2) is 69.3 Å². The Bertz CT molecular complexity index is 1570. The van der Waals surface area contributed by atoms with Gasteiger partial charge in [-0.15, -0.1) is 22.7 Å². The number of ether oxygens (including phenoxy) is 1. The molecule has 4 atom stereocenters. The van der Waals surface area contributed by atoms with Crippen LogP contribution in [0.4, 0.5) is 14.7 Å². The van der Waals surface area contributed by atoms with E-state index in [1.54, 1.807) is 24.1 Å². The molecule has 0 aliphatic rings. The van der Waals surface area contributed by atoms with Gasteiger partial charge < -0.3 is 36.4 Å². The Morgan fingerprint density at radius 2 is 1.62 bits per heavy atom. The van der Waals surface area contributed by atoms with Gasteiger partial charge in [-0.1, -0.05) is 74.5 Å². The lowest BCUT2D eigenvalue weighted by molar-refractivity contribution is -0.125. The van der Waals surface area contributed by atoms with Gasteiger partial charge in [-0.05, 0) is 36.3 Å². The fraction of sp³-hybridized carbons (Fsp3) is 0.382. The predicted octanol–water partition coefficient (Wildman–Crippen LogP) is 4.36. The van der Waals surface area contributed by atoms with Crippen molar-refractivity contribution in [2.75, 3.05) is 12.8 Å². The Kier molecular flexibility index (Phi) is 13.7. The molecule has 0 spiro atoms. The minimum absolute atomic E-state index is 0.0825. The molecule has 2 aromatic carbocycles. The first-order chi connectivity index (χ1) is 23.1. The van der Waals surface area contributed by atoms with Crippen molar-refractivity contribution in [3.05, 3.63) is 99.4 Å². The third kappa shape index (κ3) is 11.6. The number of hydrogen-bond acceptors (Lipinski definition) is 10. The Morgan fingerprint density at radius 3 is 2.21 bits per heavy atom. The molecule has 2 heterocycles. The number of benzene rings is 2. The van der Waals surface area contributed by atoms with Crippen LogP contribution in [0.15, 0.2) is 77.8 Å². The molecule has 0 saturated carbocycles. The van der Waals surface area contributed by atoms with Crippen LogP contribution in [0.3, 0.4) is 0 Å². The Hall–Kier alpha value is -4.53. The van der Waals surface area contributed by atoms with Crippen LogP contribution in [0.25, 0.3) is 0 Å². The molecule has 256 valence electrons. The summed E-state index contributed by atoms with van der Waals surface area (Å²) in [4.78, 5) is 50.2. The second-order valence-electron chi connectivity index (χ2n) is 11.9. The second-order valence-corrected chi connectivity index (χ2v) is 13.7. The van der Waals surface area contributed by atoms with Crippen molar-refractivity contribution in [3.63, 3.8) is 0 Å². The molecule has 0 aliphatic carbocycles. The maximum Gasteiger partial charge on any atom is 0.407 e. The number of thiazole rings is 2. The summed E-state index contributed by atoms with van der Waals surface area (Å²) in [7, 11) is 1.62. The number of nitrogens with two attached hydrogens (primary N) is 1. The van der Waals surface area contributed by atoms with E-state index in [2.05, 4.69) is 25.9 Å². The predicted molar refractivity (Wildman–Crippen MR) is 187 cm³/mol. The lowest BCUT2D eigenvalue weighted by Gasteiger charge is -2.31. The van der Waals surface area contributed by atoms with Crippen LogP contribution in [0, 0.1) is 5.92 Å². The Morgan fingerprint density at radius 1 is 0.958 bits per heavy atom. The smallest absolute Gasteiger partial charge is 0.407 e. The number of nitrogens with zero attached hydrogens (tertiary/aromatic N) is 3. The van der Waals surface area contributed by atoms with E-state index in [0.717, 1.165) is 16.0 Å². The van der Waals surface area contributed by atoms with Crippen molar-refractivity contribution in [3.8, 4) is 0 Å². The SMILES string of the molecule is CC(C)[C@H](NC(=O)N(C)Cc1csc(N)n1)C(=O)N[C@@H](Cc1ccccc1)[C@@H](O)C[C@H](Cc1ccccc1)NC(=O)OCc1cncs1. The summed E-state index contributed by atoms with van der Waals surface area (Å²) in [6, 6.07) is 16.6. The summed E-state index contributed by atoms with van der Waals surface area (Å²) in [5.74, 6) is -0.686. The van der Waals surface area contributed by atoms with E-state index in [4.69, 9.17) is 10.5 Å². The van der Waals surface area contributed by atoms with Crippen molar-refractivity contribution in [2.24, 2.45) is 5.92 Å². The van der Waals surface area contributed by atoms with Crippen LogP contribution in [0.5, 0.6) is 0 Å². The molecule has 0 bridgehead atoms. The lowest BCUT2D eigenvalue weighted by Crippen LogP contribution is -2.57. The summed E-state index contributed by atoms with van der Waals surface area (Å²) < 4.78 is 5.42. The van der Waals surface area contributed by atoms with Crippen molar-refractivity contribution < 1.29 is 24.2 Å². The molecule has 48 heavy (non-hydrogen) atoms. The van der Waals surface area contributed by atoms with E-state index in [0.29, 0.717) is 23.7 Å². The summed E-state index contributed by atoms with van der Waals surface area (Å²) in [6.45, 7) is 3.99. The van der Waals surface area contributed by atoms with Crippen molar-refractivity contribution in [1.29, 1.82) is 0 Å². The molecule has 0 saturated heterocycles. The molecular weight excluding hydrogens is 651 g/mol.